The summed E-state index contributed by atoms with van der Waals surface area (Å²) in [5.74, 6) is -0.495. The number of aromatic nitrogens is 3. The molecule has 0 radical (unpaired) electrons. The van der Waals surface area contributed by atoms with Gasteiger partial charge in [0.1, 0.15) is 5.82 Å². The Labute approximate surface area is 122 Å². The molecule has 0 unspecified atom stereocenters. The van der Waals surface area contributed by atoms with E-state index in [2.05, 4.69) is 41.2 Å². The highest BCUT2D eigenvalue weighted by molar-refractivity contribution is 5.02. The van der Waals surface area contributed by atoms with Gasteiger partial charge in [-0.1, -0.05) is 6.92 Å². The second-order valence-electron chi connectivity index (χ2n) is 6.03. The molecule has 0 spiro atoms. The molecule has 1 aromatic rings. The van der Waals surface area contributed by atoms with Gasteiger partial charge in [-0.05, 0) is 20.3 Å². The molecule has 1 aromatic heterocycles. The molecular weight excluding hydrogens is 283 g/mol. The third kappa shape index (κ3) is 3.94. The van der Waals surface area contributed by atoms with Crippen LogP contribution in [-0.2, 0) is 19.3 Å². The van der Waals surface area contributed by atoms with Crippen molar-refractivity contribution in [1.82, 2.24) is 25.0 Å². The first-order valence-corrected chi connectivity index (χ1v) is 7.19. The van der Waals surface area contributed by atoms with Crippen molar-refractivity contribution in [3.05, 3.63) is 11.6 Å². The SMILES string of the molecule is CCC(C)(C)NCCN1CCn2c(nnc2C(F)(F)F)C1. The molecule has 0 aromatic carbocycles. The first kappa shape index (κ1) is 16.2. The average Bonchev–Trinajstić information content (AvgIpc) is 2.81. The van der Waals surface area contributed by atoms with Crippen LogP contribution in [0.2, 0.25) is 0 Å². The Morgan fingerprint density at radius 2 is 1.90 bits per heavy atom. The average molecular weight is 305 g/mol. The Morgan fingerprint density at radius 1 is 1.19 bits per heavy atom. The van der Waals surface area contributed by atoms with E-state index in [0.29, 0.717) is 18.9 Å². The standard InChI is InChI=1S/C13H22F3N5/c1-4-12(2,3)17-5-6-20-7-8-21-10(9-20)18-19-11(21)13(14,15)16/h17H,4-9H2,1-3H3. The van der Waals surface area contributed by atoms with Crippen LogP contribution in [0, 0.1) is 0 Å². The summed E-state index contributed by atoms with van der Waals surface area (Å²) in [4.78, 5) is 2.10. The summed E-state index contributed by atoms with van der Waals surface area (Å²) < 4.78 is 39.4. The van der Waals surface area contributed by atoms with E-state index < -0.39 is 12.0 Å². The van der Waals surface area contributed by atoms with Crippen molar-refractivity contribution in [3.63, 3.8) is 0 Å². The molecular formula is C13H22F3N5. The molecule has 0 saturated heterocycles. The van der Waals surface area contributed by atoms with Gasteiger partial charge in [0.15, 0.2) is 0 Å². The van der Waals surface area contributed by atoms with E-state index in [1.165, 1.54) is 4.57 Å². The minimum Gasteiger partial charge on any atom is -0.311 e. The monoisotopic (exact) mass is 305 g/mol. The third-order valence-corrected chi connectivity index (χ3v) is 4.00. The normalized spacial score (nSPS) is 17.0. The summed E-state index contributed by atoms with van der Waals surface area (Å²) in [6.45, 7) is 9.27. The Kier molecular flexibility index (Phi) is 4.57. The van der Waals surface area contributed by atoms with Crippen LogP contribution in [0.4, 0.5) is 13.2 Å². The Balaban J connectivity index is 1.91. The molecule has 120 valence electrons. The zero-order valence-electron chi connectivity index (χ0n) is 12.7. The van der Waals surface area contributed by atoms with E-state index in [0.717, 1.165) is 19.5 Å². The number of fused-ring (bicyclic) bond motifs is 1. The number of nitrogens with one attached hydrogen (secondary N) is 1. The van der Waals surface area contributed by atoms with E-state index >= 15 is 0 Å². The second kappa shape index (κ2) is 5.92. The molecule has 0 bridgehead atoms. The van der Waals surface area contributed by atoms with Gasteiger partial charge in [-0.25, -0.2) is 0 Å². The number of hydrogen-bond donors (Lipinski definition) is 1. The van der Waals surface area contributed by atoms with Crippen LogP contribution in [0.1, 0.15) is 38.8 Å². The van der Waals surface area contributed by atoms with Crippen molar-refractivity contribution >= 4 is 0 Å². The van der Waals surface area contributed by atoms with Gasteiger partial charge in [-0.2, -0.15) is 13.2 Å². The molecule has 0 saturated carbocycles. The highest BCUT2D eigenvalue weighted by atomic mass is 19.4. The maximum Gasteiger partial charge on any atom is 0.451 e. The molecule has 8 heteroatoms. The van der Waals surface area contributed by atoms with Crippen LogP contribution in [0.5, 0.6) is 0 Å². The lowest BCUT2D eigenvalue weighted by molar-refractivity contribution is -0.148. The van der Waals surface area contributed by atoms with Crippen LogP contribution in [0.3, 0.4) is 0 Å². The van der Waals surface area contributed by atoms with Gasteiger partial charge >= 0.3 is 6.18 Å². The van der Waals surface area contributed by atoms with Gasteiger partial charge in [-0.15, -0.1) is 10.2 Å². The maximum atomic E-state index is 12.7. The molecule has 2 heterocycles. The van der Waals surface area contributed by atoms with E-state index in [1.54, 1.807) is 0 Å². The maximum absolute atomic E-state index is 12.7. The van der Waals surface area contributed by atoms with Crippen molar-refractivity contribution in [2.24, 2.45) is 0 Å². The minimum absolute atomic E-state index is 0.0826. The summed E-state index contributed by atoms with van der Waals surface area (Å²) in [6.07, 6.45) is -3.41. The summed E-state index contributed by atoms with van der Waals surface area (Å²) in [6, 6.07) is 0. The summed E-state index contributed by atoms with van der Waals surface area (Å²) in [5.41, 5.74) is 0.0826. The molecule has 0 fully saturated rings. The van der Waals surface area contributed by atoms with Crippen LogP contribution in [-0.4, -0.2) is 44.8 Å². The molecule has 0 atom stereocenters. The van der Waals surface area contributed by atoms with Crippen molar-refractivity contribution in [3.8, 4) is 0 Å². The molecule has 5 nitrogen and oxygen atoms in total. The predicted molar refractivity (Wildman–Crippen MR) is 72.7 cm³/mol. The molecule has 0 amide bonds. The fourth-order valence-electron chi connectivity index (χ4n) is 2.29. The van der Waals surface area contributed by atoms with Gasteiger partial charge in [0, 0.05) is 31.7 Å². The number of rotatable bonds is 5. The van der Waals surface area contributed by atoms with Gasteiger partial charge < -0.3 is 9.88 Å². The van der Waals surface area contributed by atoms with Crippen molar-refractivity contribution in [2.45, 2.75) is 52.0 Å². The number of halogens is 3. The van der Waals surface area contributed by atoms with Crippen LogP contribution in [0.25, 0.3) is 0 Å². The molecule has 2 rings (SSSR count). The van der Waals surface area contributed by atoms with Gasteiger partial charge in [-0.3, -0.25) is 4.90 Å². The highest BCUT2D eigenvalue weighted by Gasteiger charge is 2.39. The third-order valence-electron chi connectivity index (χ3n) is 4.00. The zero-order chi connectivity index (χ0) is 15.7. The Morgan fingerprint density at radius 3 is 2.52 bits per heavy atom. The first-order valence-electron chi connectivity index (χ1n) is 7.19. The lowest BCUT2D eigenvalue weighted by Crippen LogP contribution is -2.44. The van der Waals surface area contributed by atoms with E-state index in [1.807, 2.05) is 0 Å². The molecule has 1 aliphatic rings. The van der Waals surface area contributed by atoms with Gasteiger partial charge in [0.25, 0.3) is 0 Å². The largest absolute Gasteiger partial charge is 0.451 e. The van der Waals surface area contributed by atoms with Gasteiger partial charge in [0.05, 0.1) is 6.54 Å². The van der Waals surface area contributed by atoms with E-state index in [9.17, 15) is 13.2 Å². The lowest BCUT2D eigenvalue weighted by atomic mass is 10.0. The highest BCUT2D eigenvalue weighted by Crippen LogP contribution is 2.29. The fraction of sp³-hybridized carbons (Fsp3) is 0.846. The molecule has 1 N–H and O–H groups in total. The Bertz CT molecular complexity index is 481. The number of nitrogens with zero attached hydrogens (tertiary/aromatic N) is 4. The van der Waals surface area contributed by atoms with Crippen LogP contribution >= 0.6 is 0 Å². The van der Waals surface area contributed by atoms with Gasteiger partial charge in [0.2, 0.25) is 5.82 Å². The van der Waals surface area contributed by atoms with Crippen LogP contribution in [0.15, 0.2) is 0 Å². The summed E-state index contributed by atoms with van der Waals surface area (Å²) in [5, 5.41) is 10.4. The van der Waals surface area contributed by atoms with Crippen molar-refractivity contribution in [2.75, 3.05) is 19.6 Å². The molecule has 0 aliphatic carbocycles. The first-order chi connectivity index (χ1) is 9.73. The predicted octanol–water partition coefficient (Wildman–Crippen LogP) is 1.89. The van der Waals surface area contributed by atoms with Crippen molar-refractivity contribution in [1.29, 1.82) is 0 Å². The van der Waals surface area contributed by atoms with Crippen molar-refractivity contribution < 1.29 is 13.2 Å². The smallest absolute Gasteiger partial charge is 0.311 e. The minimum atomic E-state index is -4.43. The molecule has 21 heavy (non-hydrogen) atoms. The number of hydrogen-bond acceptors (Lipinski definition) is 4. The Hall–Kier alpha value is -1.15. The van der Waals surface area contributed by atoms with Crippen LogP contribution < -0.4 is 5.32 Å². The fourth-order valence-corrected chi connectivity index (χ4v) is 2.29. The zero-order valence-corrected chi connectivity index (χ0v) is 12.7. The molecule has 1 aliphatic heterocycles. The number of alkyl halides is 3. The second-order valence-corrected chi connectivity index (χ2v) is 6.03. The summed E-state index contributed by atoms with van der Waals surface area (Å²) in [7, 11) is 0. The van der Waals surface area contributed by atoms with E-state index in [-0.39, 0.29) is 12.1 Å². The van der Waals surface area contributed by atoms with E-state index in [4.69, 9.17) is 0 Å². The topological polar surface area (TPSA) is 46.0 Å². The summed E-state index contributed by atoms with van der Waals surface area (Å²) >= 11 is 0. The quantitative estimate of drug-likeness (QED) is 0.902. The lowest BCUT2D eigenvalue weighted by Gasteiger charge is -2.30.